The van der Waals surface area contributed by atoms with Crippen molar-refractivity contribution in [2.45, 2.75) is 45.4 Å². The Morgan fingerprint density at radius 1 is 1.36 bits per heavy atom. The second kappa shape index (κ2) is 11.0. The number of aliphatic imine (C=N–C) groups is 1. The van der Waals surface area contributed by atoms with Crippen molar-refractivity contribution in [1.82, 2.24) is 10.2 Å². The number of nitrogens with zero attached hydrogens (tertiary/aromatic N) is 2. The van der Waals surface area contributed by atoms with Crippen LogP contribution in [-0.2, 0) is 20.8 Å². The molecule has 2 atom stereocenters. The van der Waals surface area contributed by atoms with Gasteiger partial charge in [-0.3, -0.25) is 0 Å². The van der Waals surface area contributed by atoms with Gasteiger partial charge in [0.05, 0.1) is 19.8 Å². The highest BCUT2D eigenvalue weighted by Crippen LogP contribution is 2.21. The molecule has 2 aliphatic rings. The van der Waals surface area contributed by atoms with E-state index in [9.17, 15) is 4.79 Å². The molecule has 0 spiro atoms. The number of rotatable bonds is 5. The summed E-state index contributed by atoms with van der Waals surface area (Å²) in [6.07, 6.45) is 2.39. The number of ether oxygens (including phenoxy) is 3. The van der Waals surface area contributed by atoms with Crippen LogP contribution in [0.5, 0.6) is 0 Å². The molecule has 2 aliphatic heterocycles. The average molecular weight is 507 g/mol. The fraction of sp³-hybridized carbons (Fsp3) is 0.684. The van der Waals surface area contributed by atoms with Crippen molar-refractivity contribution in [2.24, 2.45) is 4.99 Å². The topological polar surface area (TPSA) is 85.5 Å². The van der Waals surface area contributed by atoms with Crippen molar-refractivity contribution in [3.63, 3.8) is 0 Å². The number of nitrogens with one attached hydrogen (secondary N) is 1. The summed E-state index contributed by atoms with van der Waals surface area (Å²) in [5.74, 6) is 1.59. The van der Waals surface area contributed by atoms with Gasteiger partial charge in [0, 0.05) is 26.2 Å². The second-order valence-electron chi connectivity index (χ2n) is 6.75. The fourth-order valence-corrected chi connectivity index (χ4v) is 3.50. The van der Waals surface area contributed by atoms with E-state index in [0.717, 1.165) is 45.0 Å². The van der Waals surface area contributed by atoms with Crippen molar-refractivity contribution in [3.8, 4) is 0 Å². The maximum absolute atomic E-state index is 11.7. The first-order chi connectivity index (χ1) is 13.1. The van der Waals surface area contributed by atoms with Crippen LogP contribution in [0.15, 0.2) is 15.5 Å². The zero-order valence-electron chi connectivity index (χ0n) is 16.7. The molecule has 3 heterocycles. The predicted octanol–water partition coefficient (Wildman–Crippen LogP) is 2.34. The van der Waals surface area contributed by atoms with E-state index in [1.54, 1.807) is 13.0 Å². The molecular formula is C19H30IN3O5. The fourth-order valence-electron chi connectivity index (χ4n) is 3.50. The molecule has 28 heavy (non-hydrogen) atoms. The molecular weight excluding hydrogens is 477 g/mol. The summed E-state index contributed by atoms with van der Waals surface area (Å²) in [6, 6.07) is 1.70. The standard InChI is InChI=1S/C19H29N3O5.HI/c1-4-20-19(21-11-14-10-15(13(2)27-14)18(23)24-3)22-7-9-26-17(12-22)16-6-5-8-25-16;/h10,16-17H,4-9,11-12H2,1-3H3,(H,20,21);1H. The number of morpholine rings is 1. The number of carbonyl (C=O) groups excluding carboxylic acids is 1. The first-order valence-electron chi connectivity index (χ1n) is 9.56. The molecule has 0 aromatic carbocycles. The minimum absolute atomic E-state index is 0. The maximum atomic E-state index is 11.7. The minimum atomic E-state index is -0.397. The number of furan rings is 1. The lowest BCUT2D eigenvalue weighted by Crippen LogP contribution is -2.53. The van der Waals surface area contributed by atoms with Gasteiger partial charge in [0.25, 0.3) is 0 Å². The summed E-state index contributed by atoms with van der Waals surface area (Å²) in [5.41, 5.74) is 0.442. The second-order valence-corrected chi connectivity index (χ2v) is 6.75. The molecule has 2 unspecified atom stereocenters. The molecule has 0 saturated carbocycles. The van der Waals surface area contributed by atoms with Crippen LogP contribution in [0.25, 0.3) is 0 Å². The molecule has 8 nitrogen and oxygen atoms in total. The highest BCUT2D eigenvalue weighted by atomic mass is 127. The van der Waals surface area contributed by atoms with Crippen LogP contribution in [0, 0.1) is 6.92 Å². The molecule has 1 N–H and O–H groups in total. The molecule has 1 aromatic heterocycles. The molecule has 0 amide bonds. The summed E-state index contributed by atoms with van der Waals surface area (Å²) in [5, 5.41) is 3.34. The molecule has 1 aromatic rings. The SMILES string of the molecule is CCNC(=NCc1cc(C(=O)OC)c(C)o1)N1CCOC(C2CCCO2)C1.I. The van der Waals surface area contributed by atoms with Crippen LogP contribution < -0.4 is 5.32 Å². The molecule has 158 valence electrons. The Labute approximate surface area is 183 Å². The largest absolute Gasteiger partial charge is 0.465 e. The molecule has 2 saturated heterocycles. The predicted molar refractivity (Wildman–Crippen MR) is 115 cm³/mol. The van der Waals surface area contributed by atoms with Gasteiger partial charge in [-0.05, 0) is 32.8 Å². The smallest absolute Gasteiger partial charge is 0.341 e. The molecule has 0 aliphatic carbocycles. The zero-order valence-corrected chi connectivity index (χ0v) is 19.1. The third-order valence-electron chi connectivity index (χ3n) is 4.87. The number of hydrogen-bond donors (Lipinski definition) is 1. The highest BCUT2D eigenvalue weighted by molar-refractivity contribution is 14.0. The molecule has 3 rings (SSSR count). The number of aryl methyl sites for hydroxylation is 1. The average Bonchev–Trinajstić information content (AvgIpc) is 3.34. The van der Waals surface area contributed by atoms with Crippen LogP contribution >= 0.6 is 24.0 Å². The zero-order chi connectivity index (χ0) is 19.2. The lowest BCUT2D eigenvalue weighted by Gasteiger charge is -2.37. The number of hydrogen-bond acceptors (Lipinski definition) is 6. The lowest BCUT2D eigenvalue weighted by molar-refractivity contribution is -0.0817. The van der Waals surface area contributed by atoms with Crippen LogP contribution in [-0.4, -0.2) is 69.0 Å². The first kappa shape index (κ1) is 23.0. The van der Waals surface area contributed by atoms with E-state index in [1.165, 1.54) is 7.11 Å². The summed E-state index contributed by atoms with van der Waals surface area (Å²) in [4.78, 5) is 18.6. The molecule has 0 radical (unpaired) electrons. The van der Waals surface area contributed by atoms with Crippen molar-refractivity contribution >= 4 is 35.9 Å². The van der Waals surface area contributed by atoms with Gasteiger partial charge in [0.2, 0.25) is 0 Å². The Hall–Kier alpha value is -1.33. The lowest BCUT2D eigenvalue weighted by atomic mass is 10.1. The Balaban J connectivity index is 0.00000280. The number of halogens is 1. The van der Waals surface area contributed by atoms with Gasteiger partial charge < -0.3 is 28.8 Å². The summed E-state index contributed by atoms with van der Waals surface area (Å²) in [6.45, 7) is 7.91. The van der Waals surface area contributed by atoms with Crippen LogP contribution in [0.1, 0.15) is 41.6 Å². The minimum Gasteiger partial charge on any atom is -0.465 e. The Kier molecular flexibility index (Phi) is 9.03. The Morgan fingerprint density at radius 3 is 2.82 bits per heavy atom. The van der Waals surface area contributed by atoms with E-state index in [-0.39, 0.29) is 36.2 Å². The van der Waals surface area contributed by atoms with Gasteiger partial charge in [0.1, 0.15) is 29.7 Å². The Morgan fingerprint density at radius 2 is 2.14 bits per heavy atom. The van der Waals surface area contributed by atoms with Crippen molar-refractivity contribution in [3.05, 3.63) is 23.2 Å². The van der Waals surface area contributed by atoms with Crippen molar-refractivity contribution in [1.29, 1.82) is 0 Å². The van der Waals surface area contributed by atoms with Gasteiger partial charge >= 0.3 is 5.97 Å². The van der Waals surface area contributed by atoms with Crippen molar-refractivity contribution < 1.29 is 23.4 Å². The number of methoxy groups -OCH3 is 1. The molecule has 2 fully saturated rings. The number of esters is 1. The normalized spacial score (nSPS) is 22.7. The van der Waals surface area contributed by atoms with E-state index < -0.39 is 5.97 Å². The third kappa shape index (κ3) is 5.60. The quantitative estimate of drug-likeness (QED) is 0.284. The van der Waals surface area contributed by atoms with Crippen LogP contribution in [0.4, 0.5) is 0 Å². The van der Waals surface area contributed by atoms with Gasteiger partial charge in [-0.2, -0.15) is 0 Å². The van der Waals surface area contributed by atoms with Gasteiger partial charge in [-0.15, -0.1) is 24.0 Å². The van der Waals surface area contributed by atoms with E-state index in [1.807, 2.05) is 6.92 Å². The van der Waals surface area contributed by atoms with E-state index in [2.05, 4.69) is 10.2 Å². The number of guanidine groups is 1. The van der Waals surface area contributed by atoms with E-state index >= 15 is 0 Å². The molecule has 0 bridgehead atoms. The van der Waals surface area contributed by atoms with E-state index in [0.29, 0.717) is 30.2 Å². The third-order valence-corrected chi connectivity index (χ3v) is 4.87. The first-order valence-corrected chi connectivity index (χ1v) is 9.56. The molecule has 9 heteroatoms. The summed E-state index contributed by atoms with van der Waals surface area (Å²) < 4.78 is 22.1. The monoisotopic (exact) mass is 507 g/mol. The van der Waals surface area contributed by atoms with Gasteiger partial charge in [-0.1, -0.05) is 0 Å². The van der Waals surface area contributed by atoms with Gasteiger partial charge in [0.15, 0.2) is 5.96 Å². The summed E-state index contributed by atoms with van der Waals surface area (Å²) in [7, 11) is 1.36. The van der Waals surface area contributed by atoms with Crippen LogP contribution in [0.3, 0.4) is 0 Å². The summed E-state index contributed by atoms with van der Waals surface area (Å²) >= 11 is 0. The maximum Gasteiger partial charge on any atom is 0.341 e. The van der Waals surface area contributed by atoms with Crippen LogP contribution in [0.2, 0.25) is 0 Å². The number of carbonyl (C=O) groups is 1. The highest BCUT2D eigenvalue weighted by Gasteiger charge is 2.32. The Bertz CT molecular complexity index is 673. The van der Waals surface area contributed by atoms with E-state index in [4.69, 9.17) is 23.6 Å². The van der Waals surface area contributed by atoms with Crippen molar-refractivity contribution in [2.75, 3.05) is 40.0 Å². The van der Waals surface area contributed by atoms with Gasteiger partial charge in [-0.25, -0.2) is 9.79 Å².